The van der Waals surface area contributed by atoms with Crippen LogP contribution in [-0.4, -0.2) is 41.8 Å². The van der Waals surface area contributed by atoms with Gasteiger partial charge in [0.1, 0.15) is 12.6 Å². The van der Waals surface area contributed by atoms with E-state index in [2.05, 4.69) is 34.9 Å². The van der Waals surface area contributed by atoms with Crippen molar-refractivity contribution in [3.8, 4) is 11.1 Å². The minimum atomic E-state index is -1.04. The van der Waals surface area contributed by atoms with Gasteiger partial charge in [0, 0.05) is 12.0 Å². The van der Waals surface area contributed by atoms with E-state index in [0.29, 0.717) is 19.3 Å². The number of hydrogen-bond acceptors (Lipinski definition) is 4. The lowest BCUT2D eigenvalue weighted by atomic mass is 9.83. The van der Waals surface area contributed by atoms with Gasteiger partial charge in [0.15, 0.2) is 0 Å². The van der Waals surface area contributed by atoms with Gasteiger partial charge in [0.05, 0.1) is 5.92 Å². The Hall–Kier alpha value is -3.35. The Labute approximate surface area is 206 Å². The molecule has 3 atom stereocenters. The molecule has 186 valence electrons. The molecule has 0 radical (unpaired) electrons. The van der Waals surface area contributed by atoms with Gasteiger partial charge in [-0.05, 0) is 47.4 Å². The molecule has 0 bridgehead atoms. The molecule has 7 heteroatoms. The first-order valence-corrected chi connectivity index (χ1v) is 12.5. The van der Waals surface area contributed by atoms with Crippen molar-refractivity contribution in [3.05, 3.63) is 59.7 Å². The van der Waals surface area contributed by atoms with Crippen molar-refractivity contribution in [2.75, 3.05) is 6.61 Å². The maximum absolute atomic E-state index is 13.0. The van der Waals surface area contributed by atoms with Gasteiger partial charge in [-0.2, -0.15) is 0 Å². The summed E-state index contributed by atoms with van der Waals surface area (Å²) in [6.07, 6.45) is 2.83. The number of nitrogens with one attached hydrogen (secondary N) is 2. The van der Waals surface area contributed by atoms with E-state index in [9.17, 15) is 19.5 Å². The number of carbonyl (C=O) groups is 3. The van der Waals surface area contributed by atoms with Gasteiger partial charge in [0.2, 0.25) is 5.91 Å². The third-order valence-electron chi connectivity index (χ3n) is 7.07. The van der Waals surface area contributed by atoms with E-state index < -0.39 is 24.0 Å². The number of fused-ring (bicyclic) bond motifs is 3. The molecule has 4 rings (SSSR count). The molecule has 1 saturated carbocycles. The average molecular weight is 479 g/mol. The minimum absolute atomic E-state index is 0.0361. The molecular weight excluding hydrogens is 444 g/mol. The summed E-state index contributed by atoms with van der Waals surface area (Å²) in [5.41, 5.74) is 4.61. The van der Waals surface area contributed by atoms with Crippen LogP contribution in [0.1, 0.15) is 63.0 Å². The van der Waals surface area contributed by atoms with Crippen molar-refractivity contribution in [3.63, 3.8) is 0 Å². The van der Waals surface area contributed by atoms with Crippen molar-refractivity contribution >= 4 is 18.0 Å². The fourth-order valence-corrected chi connectivity index (χ4v) is 5.38. The maximum atomic E-state index is 13.0. The molecule has 0 heterocycles. The van der Waals surface area contributed by atoms with Gasteiger partial charge < -0.3 is 20.5 Å². The lowest BCUT2D eigenvalue weighted by molar-refractivity contribution is -0.143. The first kappa shape index (κ1) is 24.8. The molecule has 2 amide bonds. The summed E-state index contributed by atoms with van der Waals surface area (Å²) in [5.74, 6) is -1.73. The van der Waals surface area contributed by atoms with Crippen molar-refractivity contribution in [2.45, 2.75) is 64.0 Å². The predicted molar refractivity (Wildman–Crippen MR) is 133 cm³/mol. The molecule has 0 spiro atoms. The highest BCUT2D eigenvalue weighted by atomic mass is 16.5. The molecule has 2 aliphatic carbocycles. The number of rotatable bonds is 8. The van der Waals surface area contributed by atoms with Gasteiger partial charge in [0.25, 0.3) is 0 Å². The Morgan fingerprint density at radius 2 is 1.57 bits per heavy atom. The normalized spacial score (nSPS) is 20.0. The van der Waals surface area contributed by atoms with Crippen molar-refractivity contribution < 1.29 is 24.2 Å². The number of carbonyl (C=O) groups excluding carboxylic acids is 2. The molecule has 0 unspecified atom stereocenters. The number of aliphatic carboxylic acids is 1. The lowest BCUT2D eigenvalue weighted by Crippen LogP contribution is -2.52. The number of ether oxygens (including phenoxy) is 1. The van der Waals surface area contributed by atoms with Gasteiger partial charge in [-0.15, -0.1) is 0 Å². The first-order chi connectivity index (χ1) is 16.8. The van der Waals surface area contributed by atoms with Crippen LogP contribution in [0.4, 0.5) is 4.79 Å². The fraction of sp³-hybridized carbons (Fsp3) is 0.464. The SMILES string of the molecule is CC(C)C[C@@H](NC(=O)[C@@H]1CCCC[C@@H]1NC(=O)OCC1c2ccccc2-c2ccccc21)C(=O)O. The molecule has 7 nitrogen and oxygen atoms in total. The van der Waals surface area contributed by atoms with E-state index >= 15 is 0 Å². The summed E-state index contributed by atoms with van der Waals surface area (Å²) in [7, 11) is 0. The van der Waals surface area contributed by atoms with Crippen LogP contribution in [0.15, 0.2) is 48.5 Å². The molecule has 35 heavy (non-hydrogen) atoms. The smallest absolute Gasteiger partial charge is 0.407 e. The van der Waals surface area contributed by atoms with Crippen LogP contribution >= 0.6 is 0 Å². The van der Waals surface area contributed by atoms with E-state index in [1.807, 2.05) is 38.1 Å². The second kappa shape index (κ2) is 10.9. The molecule has 2 aromatic rings. The molecule has 3 N–H and O–H groups in total. The Morgan fingerprint density at radius 3 is 2.17 bits per heavy atom. The van der Waals surface area contributed by atoms with Crippen LogP contribution in [0.2, 0.25) is 0 Å². The fourth-order valence-electron chi connectivity index (χ4n) is 5.38. The molecule has 2 aliphatic rings. The van der Waals surface area contributed by atoms with Crippen LogP contribution in [-0.2, 0) is 14.3 Å². The summed E-state index contributed by atoms with van der Waals surface area (Å²) in [6.45, 7) is 4.05. The van der Waals surface area contributed by atoms with E-state index in [4.69, 9.17) is 4.74 Å². The molecule has 1 fully saturated rings. The zero-order chi connectivity index (χ0) is 24.9. The average Bonchev–Trinajstić information content (AvgIpc) is 3.16. The topological polar surface area (TPSA) is 105 Å². The molecule has 2 aromatic carbocycles. The number of carboxylic acids is 1. The predicted octanol–water partition coefficient (Wildman–Crippen LogP) is 4.70. The highest BCUT2D eigenvalue weighted by molar-refractivity contribution is 5.86. The minimum Gasteiger partial charge on any atom is -0.480 e. The van der Waals surface area contributed by atoms with Gasteiger partial charge in [-0.1, -0.05) is 75.2 Å². The zero-order valence-electron chi connectivity index (χ0n) is 20.3. The van der Waals surface area contributed by atoms with Crippen LogP contribution < -0.4 is 10.6 Å². The summed E-state index contributed by atoms with van der Waals surface area (Å²) in [5, 5.41) is 15.1. The molecule has 0 aromatic heterocycles. The van der Waals surface area contributed by atoms with Gasteiger partial charge in [-0.3, -0.25) is 4.79 Å². The van der Waals surface area contributed by atoms with Crippen LogP contribution in [0.3, 0.4) is 0 Å². The lowest BCUT2D eigenvalue weighted by Gasteiger charge is -2.32. The van der Waals surface area contributed by atoms with Gasteiger partial charge in [-0.25, -0.2) is 9.59 Å². The standard InChI is InChI=1S/C28H34N2O5/c1-17(2)15-25(27(32)33)29-26(31)22-13-7-8-14-24(22)30-28(34)35-16-23-20-11-5-3-9-18(20)19-10-4-6-12-21(19)23/h3-6,9-12,17,22-25H,7-8,13-16H2,1-2H3,(H,29,31)(H,30,34)(H,32,33)/t22-,24+,25-/m1/s1. The third kappa shape index (κ3) is 5.66. The Kier molecular flexibility index (Phi) is 7.73. The highest BCUT2D eigenvalue weighted by Gasteiger charge is 2.35. The Morgan fingerprint density at radius 1 is 0.971 bits per heavy atom. The number of alkyl carbamates (subject to hydrolysis) is 1. The van der Waals surface area contributed by atoms with E-state index in [1.54, 1.807) is 0 Å². The van der Waals surface area contributed by atoms with Crippen LogP contribution in [0.25, 0.3) is 11.1 Å². The van der Waals surface area contributed by atoms with Crippen LogP contribution in [0, 0.1) is 11.8 Å². The Bertz CT molecular complexity index is 1040. The molecule has 0 saturated heterocycles. The van der Waals surface area contributed by atoms with E-state index in [-0.39, 0.29) is 30.4 Å². The third-order valence-corrected chi connectivity index (χ3v) is 7.07. The van der Waals surface area contributed by atoms with Crippen molar-refractivity contribution in [1.82, 2.24) is 10.6 Å². The Balaban J connectivity index is 1.38. The maximum Gasteiger partial charge on any atom is 0.407 e. The summed E-state index contributed by atoms with van der Waals surface area (Å²) in [6, 6.07) is 15.0. The number of hydrogen-bond donors (Lipinski definition) is 3. The number of carboxylic acid groups (broad SMARTS) is 1. The second-order valence-electron chi connectivity index (χ2n) is 10.00. The number of benzene rings is 2. The quantitative estimate of drug-likeness (QED) is 0.510. The second-order valence-corrected chi connectivity index (χ2v) is 10.00. The first-order valence-electron chi connectivity index (χ1n) is 12.5. The van der Waals surface area contributed by atoms with Crippen molar-refractivity contribution in [1.29, 1.82) is 0 Å². The molecular formula is C28H34N2O5. The van der Waals surface area contributed by atoms with E-state index in [0.717, 1.165) is 35.1 Å². The van der Waals surface area contributed by atoms with Gasteiger partial charge >= 0.3 is 12.1 Å². The monoisotopic (exact) mass is 478 g/mol. The number of amides is 2. The zero-order valence-corrected chi connectivity index (χ0v) is 20.3. The summed E-state index contributed by atoms with van der Waals surface area (Å²) in [4.78, 5) is 37.3. The van der Waals surface area contributed by atoms with E-state index in [1.165, 1.54) is 0 Å². The summed E-state index contributed by atoms with van der Waals surface area (Å²) >= 11 is 0. The summed E-state index contributed by atoms with van der Waals surface area (Å²) < 4.78 is 5.67. The highest BCUT2D eigenvalue weighted by Crippen LogP contribution is 2.44. The van der Waals surface area contributed by atoms with Crippen LogP contribution in [0.5, 0.6) is 0 Å². The van der Waals surface area contributed by atoms with Crippen molar-refractivity contribution in [2.24, 2.45) is 11.8 Å². The molecule has 0 aliphatic heterocycles. The largest absolute Gasteiger partial charge is 0.480 e.